The van der Waals surface area contributed by atoms with Crippen molar-refractivity contribution in [3.8, 4) is 22.3 Å². The molecule has 14 aromatic carbocycles. The standard InChI is InChI=1S/C68H51N/c1-67(2,3)43-26-30-45(31-27-43)69(46-32-28-44(29-33-46)68(4,5)6)56-39-38-53-60-51(56)24-15-25-52(60)63-58(41-16-9-7-10-17-41)65-54-36-34-49-47-22-13-20-40-21-14-23-48(57(40)47)50-35-37-55(62(54)61(49)50)66(65)59(64(53)63)42-18-11-8-12-19-42/h7-39H,1-6H3. The SMILES string of the molecule is CC(C)(C)c1ccc(N(c2ccc(C(C)(C)C)cc2)c2ccc3c4c(-c5ccccc5)c5c6ccc7c8cccc9cccc(c%10ccc(c5c(-c5ccccc5)c4c4cccc2c43)c6c%107)c98)cc1. The summed E-state index contributed by atoms with van der Waals surface area (Å²) in [6.07, 6.45) is 0. The Labute approximate surface area is 402 Å². The predicted molar refractivity (Wildman–Crippen MR) is 301 cm³/mol. The quantitative estimate of drug-likeness (QED) is 0.123. The van der Waals surface area contributed by atoms with E-state index in [1.54, 1.807) is 0 Å². The van der Waals surface area contributed by atoms with Gasteiger partial charge in [0.1, 0.15) is 0 Å². The number of rotatable bonds is 5. The lowest BCUT2D eigenvalue weighted by Crippen LogP contribution is -2.14. The van der Waals surface area contributed by atoms with Crippen molar-refractivity contribution in [1.82, 2.24) is 0 Å². The van der Waals surface area contributed by atoms with E-state index >= 15 is 0 Å². The van der Waals surface area contributed by atoms with Gasteiger partial charge in [-0.05, 0) is 166 Å². The highest BCUT2D eigenvalue weighted by Crippen LogP contribution is 2.58. The van der Waals surface area contributed by atoms with Crippen LogP contribution in [0.25, 0.3) is 119 Å². The first kappa shape index (κ1) is 40.1. The van der Waals surface area contributed by atoms with Gasteiger partial charge in [0, 0.05) is 16.8 Å². The second kappa shape index (κ2) is 14.3. The van der Waals surface area contributed by atoms with Crippen molar-refractivity contribution in [3.05, 3.63) is 211 Å². The average Bonchev–Trinajstić information content (AvgIpc) is 3.88. The molecule has 0 amide bonds. The number of hydrogen-bond acceptors (Lipinski definition) is 1. The van der Waals surface area contributed by atoms with Crippen LogP contribution < -0.4 is 4.90 Å². The molecule has 328 valence electrons. The van der Waals surface area contributed by atoms with Gasteiger partial charge in [-0.2, -0.15) is 0 Å². The fourth-order valence-electron chi connectivity index (χ4n) is 12.4. The second-order valence-electron chi connectivity index (χ2n) is 21.6. The first-order valence-corrected chi connectivity index (χ1v) is 24.6. The van der Waals surface area contributed by atoms with Gasteiger partial charge in [0.05, 0.1) is 5.69 Å². The lowest BCUT2D eigenvalue weighted by Gasteiger charge is -2.29. The molecule has 0 fully saturated rings. The molecule has 0 aliphatic carbocycles. The molecule has 0 radical (unpaired) electrons. The van der Waals surface area contributed by atoms with E-state index < -0.39 is 0 Å². The molecule has 69 heavy (non-hydrogen) atoms. The average molecular weight is 882 g/mol. The monoisotopic (exact) mass is 881 g/mol. The van der Waals surface area contributed by atoms with Crippen LogP contribution in [0.4, 0.5) is 17.1 Å². The van der Waals surface area contributed by atoms with Crippen LogP contribution in [0.5, 0.6) is 0 Å². The van der Waals surface area contributed by atoms with E-state index in [9.17, 15) is 0 Å². The van der Waals surface area contributed by atoms with Crippen LogP contribution in [0, 0.1) is 0 Å². The third-order valence-corrected chi connectivity index (χ3v) is 15.6. The van der Waals surface area contributed by atoms with E-state index in [1.165, 1.54) is 136 Å². The summed E-state index contributed by atoms with van der Waals surface area (Å²) in [6, 6.07) is 76.2. The number of benzene rings is 12. The Balaban J connectivity index is 1.15. The zero-order valence-electron chi connectivity index (χ0n) is 40.0. The molecule has 1 heteroatoms. The van der Waals surface area contributed by atoms with Gasteiger partial charge in [-0.15, -0.1) is 0 Å². The Morgan fingerprint density at radius 3 is 1.10 bits per heavy atom. The molecular formula is C68H51N. The molecule has 0 unspecified atom stereocenters. The molecule has 0 aromatic heterocycles. The summed E-state index contributed by atoms with van der Waals surface area (Å²) < 4.78 is 0. The van der Waals surface area contributed by atoms with Crippen molar-refractivity contribution in [1.29, 1.82) is 0 Å². The highest BCUT2D eigenvalue weighted by Gasteiger charge is 2.30. The largest absolute Gasteiger partial charge is 0.310 e. The molecule has 0 spiro atoms. The van der Waals surface area contributed by atoms with Crippen LogP contribution in [-0.2, 0) is 10.8 Å². The summed E-state index contributed by atoms with van der Waals surface area (Å²) in [7, 11) is 0. The van der Waals surface area contributed by atoms with Gasteiger partial charge in [0.25, 0.3) is 0 Å². The van der Waals surface area contributed by atoms with Gasteiger partial charge >= 0.3 is 0 Å². The summed E-state index contributed by atoms with van der Waals surface area (Å²) in [5.74, 6) is 0. The van der Waals surface area contributed by atoms with Gasteiger partial charge in [-0.1, -0.05) is 211 Å². The smallest absolute Gasteiger partial charge is 0.0540 e. The van der Waals surface area contributed by atoms with Crippen LogP contribution in [0.2, 0.25) is 0 Å². The zero-order valence-corrected chi connectivity index (χ0v) is 40.0. The number of nitrogens with zero attached hydrogens (tertiary/aromatic N) is 1. The minimum absolute atomic E-state index is 0.0465. The van der Waals surface area contributed by atoms with Crippen molar-refractivity contribution < 1.29 is 0 Å². The molecule has 0 atom stereocenters. The van der Waals surface area contributed by atoms with Crippen molar-refractivity contribution in [2.45, 2.75) is 52.4 Å². The van der Waals surface area contributed by atoms with Crippen LogP contribution in [0.15, 0.2) is 200 Å². The summed E-state index contributed by atoms with van der Waals surface area (Å²) in [4.78, 5) is 2.48. The number of anilines is 3. The molecule has 0 bridgehead atoms. The molecule has 0 aliphatic rings. The van der Waals surface area contributed by atoms with E-state index in [1.807, 2.05) is 0 Å². The van der Waals surface area contributed by atoms with Gasteiger partial charge in [-0.3, -0.25) is 0 Å². The van der Waals surface area contributed by atoms with Gasteiger partial charge in [0.2, 0.25) is 0 Å². The molecule has 0 saturated carbocycles. The van der Waals surface area contributed by atoms with Crippen LogP contribution in [0.3, 0.4) is 0 Å². The summed E-state index contributed by atoms with van der Waals surface area (Å²) >= 11 is 0. The highest BCUT2D eigenvalue weighted by atomic mass is 15.1. The van der Waals surface area contributed by atoms with Crippen molar-refractivity contribution >= 4 is 114 Å². The molecular weight excluding hydrogens is 831 g/mol. The minimum Gasteiger partial charge on any atom is -0.310 e. The highest BCUT2D eigenvalue weighted by molar-refractivity contribution is 6.49. The Morgan fingerprint density at radius 2 is 0.623 bits per heavy atom. The van der Waals surface area contributed by atoms with Gasteiger partial charge < -0.3 is 4.90 Å². The zero-order chi connectivity index (χ0) is 46.5. The lowest BCUT2D eigenvalue weighted by molar-refractivity contribution is 0.590. The molecule has 0 aliphatic heterocycles. The Bertz CT molecular complexity index is 4090. The first-order chi connectivity index (χ1) is 33.5. The fraction of sp³-hybridized carbons (Fsp3) is 0.118. The van der Waals surface area contributed by atoms with E-state index in [4.69, 9.17) is 0 Å². The maximum absolute atomic E-state index is 2.48. The maximum Gasteiger partial charge on any atom is 0.0540 e. The van der Waals surface area contributed by atoms with Crippen molar-refractivity contribution in [2.24, 2.45) is 0 Å². The Kier molecular flexibility index (Phi) is 8.29. The van der Waals surface area contributed by atoms with E-state index in [0.717, 1.165) is 11.4 Å². The van der Waals surface area contributed by atoms with E-state index in [-0.39, 0.29) is 10.8 Å². The lowest BCUT2D eigenvalue weighted by atomic mass is 9.86. The molecule has 0 N–H and O–H groups in total. The molecule has 0 heterocycles. The van der Waals surface area contributed by atoms with Crippen molar-refractivity contribution in [3.63, 3.8) is 0 Å². The third kappa shape index (κ3) is 5.65. The van der Waals surface area contributed by atoms with E-state index in [0.29, 0.717) is 0 Å². The number of hydrogen-bond donors (Lipinski definition) is 0. The molecule has 14 rings (SSSR count). The Morgan fingerprint density at radius 1 is 0.261 bits per heavy atom. The predicted octanol–water partition coefficient (Wildman–Crippen LogP) is 19.8. The van der Waals surface area contributed by atoms with Crippen LogP contribution in [0.1, 0.15) is 52.7 Å². The normalized spacial score (nSPS) is 12.8. The topological polar surface area (TPSA) is 3.24 Å². The van der Waals surface area contributed by atoms with E-state index in [2.05, 4.69) is 247 Å². The van der Waals surface area contributed by atoms with Crippen molar-refractivity contribution in [2.75, 3.05) is 4.90 Å². The fourth-order valence-corrected chi connectivity index (χ4v) is 12.4. The van der Waals surface area contributed by atoms with Crippen LogP contribution >= 0.6 is 0 Å². The molecule has 1 nitrogen and oxygen atoms in total. The van der Waals surface area contributed by atoms with Crippen LogP contribution in [-0.4, -0.2) is 0 Å². The number of fused-ring (bicyclic) bond motifs is 8. The second-order valence-corrected chi connectivity index (χ2v) is 21.6. The summed E-state index contributed by atoms with van der Waals surface area (Å²) in [6.45, 7) is 13.7. The minimum atomic E-state index is 0.0465. The third-order valence-electron chi connectivity index (χ3n) is 15.6. The van der Waals surface area contributed by atoms with Gasteiger partial charge in [-0.25, -0.2) is 0 Å². The first-order valence-electron chi connectivity index (χ1n) is 24.6. The summed E-state index contributed by atoms with van der Waals surface area (Å²) in [5.41, 5.74) is 11.3. The molecule has 14 aromatic rings. The molecule has 0 saturated heterocycles. The maximum atomic E-state index is 2.48. The summed E-state index contributed by atoms with van der Waals surface area (Å²) in [5, 5.41) is 23.7. The van der Waals surface area contributed by atoms with Gasteiger partial charge in [0.15, 0.2) is 0 Å². The Hall–Kier alpha value is -8.00.